The summed E-state index contributed by atoms with van der Waals surface area (Å²) in [6.45, 7) is 4.91. The molecular weight excluding hydrogens is 316 g/mol. The Morgan fingerprint density at radius 2 is 1.88 bits per heavy atom. The lowest BCUT2D eigenvalue weighted by Crippen LogP contribution is -2.42. The normalized spacial score (nSPS) is 15.8. The van der Waals surface area contributed by atoms with E-state index in [1.165, 1.54) is 10.4 Å². The number of tetrazole rings is 1. The number of likely N-dealkylation sites (tertiary alicyclic amines) is 1. The smallest absolute Gasteiger partial charge is 0.246 e. The number of amides is 1. The Morgan fingerprint density at radius 3 is 2.52 bits per heavy atom. The zero-order valence-electron chi connectivity index (χ0n) is 15.2. The van der Waals surface area contributed by atoms with Gasteiger partial charge in [0.2, 0.25) is 11.7 Å². The van der Waals surface area contributed by atoms with E-state index in [2.05, 4.69) is 34.4 Å². The van der Waals surface area contributed by atoms with Gasteiger partial charge in [0.15, 0.2) is 0 Å². The molecule has 7 heteroatoms. The number of aryl methyl sites for hydroxylation is 1. The molecule has 0 radical (unpaired) electrons. The summed E-state index contributed by atoms with van der Waals surface area (Å²) in [7, 11) is 4.19. The summed E-state index contributed by atoms with van der Waals surface area (Å²) in [5, 5.41) is 12.4. The van der Waals surface area contributed by atoms with Crippen LogP contribution in [-0.4, -0.2) is 69.6 Å². The van der Waals surface area contributed by atoms with Gasteiger partial charge >= 0.3 is 0 Å². The lowest BCUT2D eigenvalue weighted by atomic mass is 9.96. The Balaban J connectivity index is 1.54. The predicted octanol–water partition coefficient (Wildman–Crippen LogP) is 1.45. The van der Waals surface area contributed by atoms with Crippen LogP contribution in [0.5, 0.6) is 0 Å². The highest BCUT2D eigenvalue weighted by atomic mass is 16.2. The van der Waals surface area contributed by atoms with Crippen molar-refractivity contribution in [1.29, 1.82) is 0 Å². The minimum absolute atomic E-state index is 0.0659. The molecule has 0 aliphatic carbocycles. The van der Waals surface area contributed by atoms with Crippen LogP contribution < -0.4 is 0 Å². The van der Waals surface area contributed by atoms with E-state index in [1.54, 1.807) is 0 Å². The highest BCUT2D eigenvalue weighted by molar-refractivity contribution is 5.75. The molecular formula is C18H26N6O. The van der Waals surface area contributed by atoms with Crippen LogP contribution in [0.2, 0.25) is 0 Å². The molecule has 1 aromatic carbocycles. The molecule has 1 aliphatic heterocycles. The maximum atomic E-state index is 12.5. The molecule has 0 spiro atoms. The first-order valence-electron chi connectivity index (χ1n) is 8.78. The molecule has 2 heterocycles. The first kappa shape index (κ1) is 17.5. The second-order valence-electron chi connectivity index (χ2n) is 7.10. The maximum absolute atomic E-state index is 12.5. The molecule has 1 saturated heterocycles. The Kier molecular flexibility index (Phi) is 5.43. The van der Waals surface area contributed by atoms with E-state index in [0.717, 1.165) is 38.0 Å². The van der Waals surface area contributed by atoms with E-state index in [-0.39, 0.29) is 12.5 Å². The Labute approximate surface area is 148 Å². The van der Waals surface area contributed by atoms with Crippen molar-refractivity contribution in [2.75, 3.05) is 33.7 Å². The van der Waals surface area contributed by atoms with E-state index in [0.29, 0.717) is 11.7 Å². The molecule has 3 rings (SSSR count). The van der Waals surface area contributed by atoms with Crippen molar-refractivity contribution in [2.45, 2.75) is 26.3 Å². The number of benzene rings is 1. The first-order valence-corrected chi connectivity index (χ1v) is 8.78. The van der Waals surface area contributed by atoms with Crippen LogP contribution in [0.4, 0.5) is 0 Å². The molecule has 0 unspecified atom stereocenters. The number of hydrogen-bond acceptors (Lipinski definition) is 5. The summed E-state index contributed by atoms with van der Waals surface area (Å²) in [6.07, 6.45) is 2.12. The van der Waals surface area contributed by atoms with Gasteiger partial charge in [0.1, 0.15) is 6.54 Å². The van der Waals surface area contributed by atoms with Crippen molar-refractivity contribution in [2.24, 2.45) is 5.92 Å². The third-order valence-electron chi connectivity index (χ3n) is 4.63. The van der Waals surface area contributed by atoms with Gasteiger partial charge in [-0.15, -0.1) is 10.2 Å². The Hall–Kier alpha value is -2.28. The van der Waals surface area contributed by atoms with Crippen molar-refractivity contribution in [3.8, 4) is 11.4 Å². The van der Waals surface area contributed by atoms with Gasteiger partial charge in [-0.2, -0.15) is 4.80 Å². The SMILES string of the molecule is Cc1ccc(-c2nnn(CC(=O)N3CCC(CN(C)C)CC3)n2)cc1. The zero-order chi connectivity index (χ0) is 17.8. The van der Waals surface area contributed by atoms with Gasteiger partial charge in [0.25, 0.3) is 0 Å². The van der Waals surface area contributed by atoms with Crippen molar-refractivity contribution < 1.29 is 4.79 Å². The molecule has 0 atom stereocenters. The molecule has 1 aromatic heterocycles. The molecule has 0 N–H and O–H groups in total. The molecule has 25 heavy (non-hydrogen) atoms. The first-order chi connectivity index (χ1) is 12.0. The van der Waals surface area contributed by atoms with Gasteiger partial charge in [0.05, 0.1) is 0 Å². The predicted molar refractivity (Wildman–Crippen MR) is 95.8 cm³/mol. The molecule has 1 aliphatic rings. The topological polar surface area (TPSA) is 67.2 Å². The molecule has 1 amide bonds. The zero-order valence-corrected chi connectivity index (χ0v) is 15.2. The van der Waals surface area contributed by atoms with Crippen LogP contribution in [0.25, 0.3) is 11.4 Å². The van der Waals surface area contributed by atoms with E-state index in [1.807, 2.05) is 36.1 Å². The summed E-state index contributed by atoms with van der Waals surface area (Å²) in [6, 6.07) is 7.96. The molecule has 2 aromatic rings. The molecule has 0 saturated carbocycles. The molecule has 7 nitrogen and oxygen atoms in total. The fraction of sp³-hybridized carbons (Fsp3) is 0.556. The monoisotopic (exact) mass is 342 g/mol. The van der Waals surface area contributed by atoms with Crippen LogP contribution >= 0.6 is 0 Å². The Bertz CT molecular complexity index is 701. The number of rotatable bonds is 5. The lowest BCUT2D eigenvalue weighted by Gasteiger charge is -2.33. The van der Waals surface area contributed by atoms with E-state index < -0.39 is 0 Å². The van der Waals surface area contributed by atoms with Crippen molar-refractivity contribution in [1.82, 2.24) is 30.0 Å². The number of hydrogen-bond donors (Lipinski definition) is 0. The van der Waals surface area contributed by atoms with Crippen LogP contribution in [0.15, 0.2) is 24.3 Å². The van der Waals surface area contributed by atoms with Crippen LogP contribution in [0.1, 0.15) is 18.4 Å². The third kappa shape index (κ3) is 4.63. The van der Waals surface area contributed by atoms with Gasteiger partial charge in [-0.3, -0.25) is 4.79 Å². The maximum Gasteiger partial charge on any atom is 0.246 e. The largest absolute Gasteiger partial charge is 0.341 e. The van der Waals surface area contributed by atoms with Gasteiger partial charge < -0.3 is 9.80 Å². The average molecular weight is 342 g/mol. The standard InChI is InChI=1S/C18H26N6O/c1-14-4-6-16(7-5-14)18-19-21-24(20-18)13-17(25)23-10-8-15(9-11-23)12-22(2)3/h4-7,15H,8-13H2,1-3H3. The third-order valence-corrected chi connectivity index (χ3v) is 4.63. The lowest BCUT2D eigenvalue weighted by molar-refractivity contribution is -0.133. The quantitative estimate of drug-likeness (QED) is 0.823. The number of aromatic nitrogens is 4. The minimum atomic E-state index is 0.0659. The van der Waals surface area contributed by atoms with Gasteiger partial charge in [0, 0.05) is 25.2 Å². The summed E-state index contributed by atoms with van der Waals surface area (Å²) >= 11 is 0. The summed E-state index contributed by atoms with van der Waals surface area (Å²) in [5.74, 6) is 1.30. The summed E-state index contributed by atoms with van der Waals surface area (Å²) in [4.78, 5) is 18.0. The van der Waals surface area contributed by atoms with Crippen LogP contribution in [-0.2, 0) is 11.3 Å². The molecule has 134 valence electrons. The second kappa shape index (κ2) is 7.74. The Morgan fingerprint density at radius 1 is 1.20 bits per heavy atom. The van der Waals surface area contributed by atoms with Crippen molar-refractivity contribution >= 4 is 5.91 Å². The van der Waals surface area contributed by atoms with E-state index in [4.69, 9.17) is 0 Å². The highest BCUT2D eigenvalue weighted by Gasteiger charge is 2.23. The van der Waals surface area contributed by atoms with Crippen molar-refractivity contribution in [3.05, 3.63) is 29.8 Å². The number of piperidine rings is 1. The average Bonchev–Trinajstić information content (AvgIpc) is 3.04. The van der Waals surface area contributed by atoms with Gasteiger partial charge in [-0.1, -0.05) is 29.8 Å². The van der Waals surface area contributed by atoms with E-state index >= 15 is 0 Å². The second-order valence-corrected chi connectivity index (χ2v) is 7.10. The number of carbonyl (C=O) groups is 1. The van der Waals surface area contributed by atoms with Gasteiger partial charge in [-0.05, 0) is 45.0 Å². The fourth-order valence-electron chi connectivity index (χ4n) is 3.23. The number of carbonyl (C=O) groups excluding carboxylic acids is 1. The van der Waals surface area contributed by atoms with E-state index in [9.17, 15) is 4.79 Å². The number of nitrogens with zero attached hydrogens (tertiary/aromatic N) is 6. The van der Waals surface area contributed by atoms with Crippen LogP contribution in [0.3, 0.4) is 0 Å². The highest BCUT2D eigenvalue weighted by Crippen LogP contribution is 2.18. The summed E-state index contributed by atoms with van der Waals surface area (Å²) < 4.78 is 0. The minimum Gasteiger partial charge on any atom is -0.341 e. The van der Waals surface area contributed by atoms with Crippen molar-refractivity contribution in [3.63, 3.8) is 0 Å². The van der Waals surface area contributed by atoms with Crippen LogP contribution in [0, 0.1) is 12.8 Å². The van der Waals surface area contributed by atoms with Gasteiger partial charge in [-0.25, -0.2) is 0 Å². The molecule has 1 fully saturated rings. The fourth-order valence-corrected chi connectivity index (χ4v) is 3.23. The molecule has 0 bridgehead atoms. The summed E-state index contributed by atoms with van der Waals surface area (Å²) in [5.41, 5.74) is 2.10.